The van der Waals surface area contributed by atoms with Crippen LogP contribution >= 0.6 is 24.0 Å². The van der Waals surface area contributed by atoms with Crippen molar-refractivity contribution in [1.82, 2.24) is 10.6 Å². The SMILES string of the molecule is Cc1occc1C(=O)Nc1cc(Cl)ccc1C(=O)NC1CCNCC1C.Cl. The first-order valence-electron chi connectivity index (χ1n) is 8.62. The topological polar surface area (TPSA) is 83.4 Å². The zero-order valence-corrected chi connectivity index (χ0v) is 16.7. The number of hydrogen-bond acceptors (Lipinski definition) is 4. The van der Waals surface area contributed by atoms with Crippen molar-refractivity contribution in [2.24, 2.45) is 5.92 Å². The summed E-state index contributed by atoms with van der Waals surface area (Å²) in [5.41, 5.74) is 1.18. The molecule has 0 spiro atoms. The van der Waals surface area contributed by atoms with Crippen LogP contribution in [0.15, 0.2) is 34.9 Å². The Morgan fingerprint density at radius 3 is 2.67 bits per heavy atom. The Morgan fingerprint density at radius 1 is 1.22 bits per heavy atom. The first kappa shape index (κ1) is 21.3. The van der Waals surface area contributed by atoms with E-state index in [2.05, 4.69) is 22.9 Å². The number of furan rings is 1. The molecule has 27 heavy (non-hydrogen) atoms. The number of anilines is 1. The maximum absolute atomic E-state index is 12.8. The molecule has 1 fully saturated rings. The summed E-state index contributed by atoms with van der Waals surface area (Å²) in [6.07, 6.45) is 2.32. The summed E-state index contributed by atoms with van der Waals surface area (Å²) in [7, 11) is 0. The van der Waals surface area contributed by atoms with Gasteiger partial charge in [0.05, 0.1) is 23.1 Å². The van der Waals surface area contributed by atoms with Gasteiger partial charge in [0.15, 0.2) is 0 Å². The molecule has 1 aromatic carbocycles. The minimum atomic E-state index is -0.345. The lowest BCUT2D eigenvalue weighted by molar-refractivity contribution is 0.0915. The predicted molar refractivity (Wildman–Crippen MR) is 108 cm³/mol. The number of benzene rings is 1. The Morgan fingerprint density at radius 2 is 2.00 bits per heavy atom. The van der Waals surface area contributed by atoms with Crippen LogP contribution in [0.5, 0.6) is 0 Å². The number of hydrogen-bond donors (Lipinski definition) is 3. The quantitative estimate of drug-likeness (QED) is 0.716. The van der Waals surface area contributed by atoms with Gasteiger partial charge in [-0.3, -0.25) is 9.59 Å². The minimum absolute atomic E-state index is 0. The monoisotopic (exact) mass is 411 g/mol. The zero-order valence-electron chi connectivity index (χ0n) is 15.2. The highest BCUT2D eigenvalue weighted by molar-refractivity contribution is 6.31. The summed E-state index contributed by atoms with van der Waals surface area (Å²) in [4.78, 5) is 25.3. The van der Waals surface area contributed by atoms with Gasteiger partial charge in [0.1, 0.15) is 5.76 Å². The second-order valence-electron chi connectivity index (χ2n) is 6.58. The molecule has 0 aliphatic carbocycles. The fraction of sp³-hybridized carbons (Fsp3) is 0.368. The van der Waals surface area contributed by atoms with E-state index in [1.807, 2.05) is 0 Å². The van der Waals surface area contributed by atoms with Gasteiger partial charge in [-0.1, -0.05) is 18.5 Å². The average Bonchev–Trinajstić information content (AvgIpc) is 3.03. The van der Waals surface area contributed by atoms with Crippen LogP contribution in [0, 0.1) is 12.8 Å². The summed E-state index contributed by atoms with van der Waals surface area (Å²) in [6, 6.07) is 6.53. The Hall–Kier alpha value is -2.02. The number of rotatable bonds is 4. The first-order valence-corrected chi connectivity index (χ1v) is 9.00. The van der Waals surface area contributed by atoms with E-state index in [0.717, 1.165) is 19.5 Å². The van der Waals surface area contributed by atoms with E-state index in [9.17, 15) is 9.59 Å². The number of halogens is 2. The van der Waals surface area contributed by atoms with Crippen LogP contribution in [0.2, 0.25) is 5.02 Å². The molecule has 1 aliphatic heterocycles. The van der Waals surface area contributed by atoms with E-state index in [1.54, 1.807) is 31.2 Å². The molecule has 0 saturated carbocycles. The van der Waals surface area contributed by atoms with E-state index in [0.29, 0.717) is 33.5 Å². The van der Waals surface area contributed by atoms with Crippen LogP contribution in [0.3, 0.4) is 0 Å². The zero-order chi connectivity index (χ0) is 18.7. The van der Waals surface area contributed by atoms with E-state index >= 15 is 0 Å². The molecule has 1 aliphatic rings. The molecule has 8 heteroatoms. The third-order valence-electron chi connectivity index (χ3n) is 4.68. The lowest BCUT2D eigenvalue weighted by Gasteiger charge is -2.30. The second-order valence-corrected chi connectivity index (χ2v) is 7.02. The van der Waals surface area contributed by atoms with Crippen molar-refractivity contribution in [2.75, 3.05) is 18.4 Å². The number of amides is 2. The van der Waals surface area contributed by atoms with E-state index in [-0.39, 0.29) is 30.3 Å². The normalized spacial score (nSPS) is 19.1. The molecule has 0 radical (unpaired) electrons. The van der Waals surface area contributed by atoms with Gasteiger partial charge in [-0.25, -0.2) is 0 Å². The largest absolute Gasteiger partial charge is 0.469 e. The summed E-state index contributed by atoms with van der Waals surface area (Å²) in [5, 5.41) is 9.59. The van der Waals surface area contributed by atoms with E-state index in [4.69, 9.17) is 16.0 Å². The lowest BCUT2D eigenvalue weighted by Crippen LogP contribution is -2.48. The average molecular weight is 412 g/mol. The summed E-state index contributed by atoms with van der Waals surface area (Å²) < 4.78 is 5.16. The van der Waals surface area contributed by atoms with Gasteiger partial charge in [0.25, 0.3) is 11.8 Å². The molecule has 1 saturated heterocycles. The van der Waals surface area contributed by atoms with Gasteiger partial charge in [-0.05, 0) is 56.6 Å². The molecule has 2 unspecified atom stereocenters. The van der Waals surface area contributed by atoms with Crippen LogP contribution in [0.1, 0.15) is 39.8 Å². The molecule has 2 amide bonds. The van der Waals surface area contributed by atoms with Crippen molar-refractivity contribution in [3.8, 4) is 0 Å². The molecule has 6 nitrogen and oxygen atoms in total. The highest BCUT2D eigenvalue weighted by Crippen LogP contribution is 2.23. The van der Waals surface area contributed by atoms with Crippen LogP contribution < -0.4 is 16.0 Å². The molecule has 146 valence electrons. The van der Waals surface area contributed by atoms with Gasteiger partial charge in [-0.15, -0.1) is 12.4 Å². The van der Waals surface area contributed by atoms with Gasteiger partial charge >= 0.3 is 0 Å². The fourth-order valence-corrected chi connectivity index (χ4v) is 3.27. The van der Waals surface area contributed by atoms with Crippen LogP contribution in [-0.4, -0.2) is 30.9 Å². The summed E-state index contributed by atoms with van der Waals surface area (Å²) >= 11 is 6.07. The summed E-state index contributed by atoms with van der Waals surface area (Å²) in [6.45, 7) is 5.55. The van der Waals surface area contributed by atoms with E-state index < -0.39 is 0 Å². The van der Waals surface area contributed by atoms with Crippen molar-refractivity contribution in [1.29, 1.82) is 0 Å². The Labute approximate surface area is 169 Å². The van der Waals surface area contributed by atoms with Crippen molar-refractivity contribution in [2.45, 2.75) is 26.3 Å². The van der Waals surface area contributed by atoms with Crippen molar-refractivity contribution in [3.63, 3.8) is 0 Å². The molecular weight excluding hydrogens is 389 g/mol. The van der Waals surface area contributed by atoms with Gasteiger partial charge < -0.3 is 20.4 Å². The molecule has 1 aromatic heterocycles. The predicted octanol–water partition coefficient (Wildman–Crippen LogP) is 3.64. The molecule has 3 N–H and O–H groups in total. The maximum atomic E-state index is 12.8. The maximum Gasteiger partial charge on any atom is 0.259 e. The fourth-order valence-electron chi connectivity index (χ4n) is 3.10. The highest BCUT2D eigenvalue weighted by atomic mass is 35.5. The molecule has 2 atom stereocenters. The molecule has 3 rings (SSSR count). The first-order chi connectivity index (χ1) is 12.5. The number of carbonyl (C=O) groups is 2. The number of aryl methyl sites for hydroxylation is 1. The van der Waals surface area contributed by atoms with Crippen molar-refractivity contribution in [3.05, 3.63) is 52.4 Å². The third kappa shape index (κ3) is 5.03. The smallest absolute Gasteiger partial charge is 0.259 e. The second kappa shape index (κ2) is 9.26. The van der Waals surface area contributed by atoms with Gasteiger partial charge in [0.2, 0.25) is 0 Å². The highest BCUT2D eigenvalue weighted by Gasteiger charge is 2.24. The standard InChI is InChI=1S/C19H22ClN3O3.ClH/c1-11-10-21-7-5-16(11)22-19(25)15-4-3-13(20)9-17(15)23-18(24)14-6-8-26-12(14)2;/h3-4,6,8-9,11,16,21H,5,7,10H2,1-2H3,(H,22,25)(H,23,24);1H. The Bertz CT molecular complexity index is 822. The van der Waals surface area contributed by atoms with Crippen molar-refractivity contribution < 1.29 is 14.0 Å². The molecule has 0 bridgehead atoms. The van der Waals surface area contributed by atoms with Crippen LogP contribution in [0.4, 0.5) is 5.69 Å². The molecule has 2 heterocycles. The third-order valence-corrected chi connectivity index (χ3v) is 4.91. The van der Waals surface area contributed by atoms with Crippen molar-refractivity contribution >= 4 is 41.5 Å². The number of carbonyl (C=O) groups excluding carboxylic acids is 2. The minimum Gasteiger partial charge on any atom is -0.469 e. The van der Waals surface area contributed by atoms with E-state index in [1.165, 1.54) is 6.26 Å². The molecule has 2 aromatic rings. The van der Waals surface area contributed by atoms with Gasteiger partial charge in [0, 0.05) is 11.1 Å². The number of piperidine rings is 1. The van der Waals surface area contributed by atoms with Gasteiger partial charge in [-0.2, -0.15) is 0 Å². The molecular formula is C19H23Cl2N3O3. The Kier molecular flexibility index (Phi) is 7.30. The summed E-state index contributed by atoms with van der Waals surface area (Å²) in [5.74, 6) is 0.285. The number of nitrogens with one attached hydrogen (secondary N) is 3. The van der Waals surface area contributed by atoms with Crippen LogP contribution in [-0.2, 0) is 0 Å². The lowest BCUT2D eigenvalue weighted by atomic mass is 9.95. The Balaban J connectivity index is 0.00000261. The van der Waals surface area contributed by atoms with Crippen LogP contribution in [0.25, 0.3) is 0 Å².